The van der Waals surface area contributed by atoms with Crippen molar-refractivity contribution in [2.24, 2.45) is 0 Å². The molecule has 1 N–H and O–H groups in total. The fourth-order valence-electron chi connectivity index (χ4n) is 2.72. The summed E-state index contributed by atoms with van der Waals surface area (Å²) in [5.41, 5.74) is 1.40. The van der Waals surface area contributed by atoms with E-state index in [9.17, 15) is 0 Å². The molecule has 1 aliphatic rings. The van der Waals surface area contributed by atoms with Gasteiger partial charge in [-0.1, -0.05) is 54.4 Å². The molecule has 1 aromatic rings. The number of hydrogen-bond acceptors (Lipinski definition) is 2. The molecule has 0 bridgehead atoms. The van der Waals surface area contributed by atoms with Crippen LogP contribution in [-0.2, 0) is 6.54 Å². The zero-order valence-corrected chi connectivity index (χ0v) is 13.6. The lowest BCUT2D eigenvalue weighted by atomic mass is 10.0. The van der Waals surface area contributed by atoms with Crippen LogP contribution in [0, 0.1) is 0 Å². The van der Waals surface area contributed by atoms with Gasteiger partial charge in [0.05, 0.1) is 0 Å². The van der Waals surface area contributed by atoms with Crippen LogP contribution >= 0.6 is 15.9 Å². The van der Waals surface area contributed by atoms with Crippen LogP contribution in [0.4, 0.5) is 0 Å². The molecule has 1 atom stereocenters. The highest BCUT2D eigenvalue weighted by molar-refractivity contribution is 9.10. The molecule has 0 saturated carbocycles. The van der Waals surface area contributed by atoms with Crippen molar-refractivity contribution < 1.29 is 0 Å². The molecule has 0 aromatic heterocycles. The first kappa shape index (κ1) is 15.0. The van der Waals surface area contributed by atoms with E-state index in [-0.39, 0.29) is 0 Å². The van der Waals surface area contributed by atoms with E-state index < -0.39 is 0 Å². The first-order chi connectivity index (χ1) is 9.16. The molecule has 1 saturated heterocycles. The zero-order chi connectivity index (χ0) is 13.7. The Morgan fingerprint density at radius 3 is 2.84 bits per heavy atom. The molecule has 3 heteroatoms. The third kappa shape index (κ3) is 4.59. The van der Waals surface area contributed by atoms with E-state index in [1.165, 1.54) is 35.8 Å². The molecular formula is C16H25BrN2. The van der Waals surface area contributed by atoms with Gasteiger partial charge in [0.15, 0.2) is 0 Å². The molecule has 1 heterocycles. The summed E-state index contributed by atoms with van der Waals surface area (Å²) in [7, 11) is 0. The Morgan fingerprint density at radius 1 is 1.32 bits per heavy atom. The third-order valence-corrected chi connectivity index (χ3v) is 4.62. The van der Waals surface area contributed by atoms with Crippen LogP contribution in [0.25, 0.3) is 0 Å². The number of nitrogens with zero attached hydrogens (tertiary/aromatic N) is 1. The van der Waals surface area contributed by atoms with Crippen LogP contribution in [-0.4, -0.2) is 30.1 Å². The summed E-state index contributed by atoms with van der Waals surface area (Å²) >= 11 is 3.66. The predicted octanol–water partition coefficient (Wildman–Crippen LogP) is 3.80. The van der Waals surface area contributed by atoms with E-state index in [1.54, 1.807) is 0 Å². The maximum Gasteiger partial charge on any atom is 0.0248 e. The average Bonchev–Trinajstić information content (AvgIpc) is 2.40. The standard InChI is InChI=1S/C16H25BrN2/c1-13(2)18-11-15-8-5-6-10-19(15)12-14-7-3-4-9-16(14)17/h3-4,7,9,13,15,18H,5-6,8,10-12H2,1-2H3. The molecule has 0 spiro atoms. The van der Waals surface area contributed by atoms with Crippen LogP contribution in [0.2, 0.25) is 0 Å². The van der Waals surface area contributed by atoms with Gasteiger partial charge in [0.25, 0.3) is 0 Å². The van der Waals surface area contributed by atoms with Gasteiger partial charge in [-0.3, -0.25) is 4.90 Å². The number of rotatable bonds is 5. The van der Waals surface area contributed by atoms with Crippen molar-refractivity contribution in [1.82, 2.24) is 10.2 Å². The number of piperidine rings is 1. The van der Waals surface area contributed by atoms with Crippen molar-refractivity contribution in [2.45, 2.75) is 51.7 Å². The molecule has 106 valence electrons. The summed E-state index contributed by atoms with van der Waals surface area (Å²) in [5.74, 6) is 0. The van der Waals surface area contributed by atoms with Gasteiger partial charge in [0.1, 0.15) is 0 Å². The number of nitrogens with one attached hydrogen (secondary N) is 1. The van der Waals surface area contributed by atoms with Gasteiger partial charge in [-0.2, -0.15) is 0 Å². The Bertz CT molecular complexity index is 392. The second kappa shape index (κ2) is 7.41. The third-order valence-electron chi connectivity index (χ3n) is 3.84. The van der Waals surface area contributed by atoms with E-state index in [2.05, 4.69) is 64.3 Å². The van der Waals surface area contributed by atoms with Gasteiger partial charge in [-0.15, -0.1) is 0 Å². The zero-order valence-electron chi connectivity index (χ0n) is 12.0. The molecule has 1 fully saturated rings. The SMILES string of the molecule is CC(C)NCC1CCCCN1Cc1ccccc1Br. The maximum absolute atomic E-state index is 3.66. The molecule has 1 aliphatic heterocycles. The van der Waals surface area contributed by atoms with E-state index in [4.69, 9.17) is 0 Å². The van der Waals surface area contributed by atoms with Gasteiger partial charge in [-0.25, -0.2) is 0 Å². The minimum Gasteiger partial charge on any atom is -0.313 e. The van der Waals surface area contributed by atoms with Gasteiger partial charge in [0.2, 0.25) is 0 Å². The summed E-state index contributed by atoms with van der Waals surface area (Å²) in [6.45, 7) is 7.85. The summed E-state index contributed by atoms with van der Waals surface area (Å²) < 4.78 is 1.23. The number of hydrogen-bond donors (Lipinski definition) is 1. The largest absolute Gasteiger partial charge is 0.313 e. The highest BCUT2D eigenvalue weighted by atomic mass is 79.9. The lowest BCUT2D eigenvalue weighted by Gasteiger charge is -2.36. The normalized spacial score (nSPS) is 20.9. The fraction of sp³-hybridized carbons (Fsp3) is 0.625. The van der Waals surface area contributed by atoms with E-state index in [1.807, 2.05) is 0 Å². The van der Waals surface area contributed by atoms with Crippen LogP contribution in [0.1, 0.15) is 38.7 Å². The summed E-state index contributed by atoms with van der Waals surface area (Å²) in [4.78, 5) is 2.64. The maximum atomic E-state index is 3.66. The van der Waals surface area contributed by atoms with Crippen LogP contribution in [0.3, 0.4) is 0 Å². The first-order valence-electron chi connectivity index (χ1n) is 7.37. The minimum atomic E-state index is 0.576. The average molecular weight is 325 g/mol. The first-order valence-corrected chi connectivity index (χ1v) is 8.17. The van der Waals surface area contributed by atoms with E-state index >= 15 is 0 Å². The van der Waals surface area contributed by atoms with Crippen molar-refractivity contribution in [3.63, 3.8) is 0 Å². The van der Waals surface area contributed by atoms with Gasteiger partial charge < -0.3 is 5.32 Å². The molecule has 2 rings (SSSR count). The fourth-order valence-corrected chi connectivity index (χ4v) is 3.13. The molecule has 2 nitrogen and oxygen atoms in total. The lowest BCUT2D eigenvalue weighted by Crippen LogP contribution is -2.46. The van der Waals surface area contributed by atoms with Crippen molar-refractivity contribution >= 4 is 15.9 Å². The molecule has 0 amide bonds. The Labute approximate surface area is 125 Å². The van der Waals surface area contributed by atoms with Crippen molar-refractivity contribution in [1.29, 1.82) is 0 Å². The second-order valence-corrected chi connectivity index (χ2v) is 6.63. The molecule has 1 aromatic carbocycles. The second-order valence-electron chi connectivity index (χ2n) is 5.77. The van der Waals surface area contributed by atoms with Gasteiger partial charge >= 0.3 is 0 Å². The highest BCUT2D eigenvalue weighted by Gasteiger charge is 2.22. The number of halogens is 1. The van der Waals surface area contributed by atoms with E-state index in [0.717, 1.165) is 13.1 Å². The topological polar surface area (TPSA) is 15.3 Å². The minimum absolute atomic E-state index is 0.576. The monoisotopic (exact) mass is 324 g/mol. The number of benzene rings is 1. The van der Waals surface area contributed by atoms with Crippen LogP contribution in [0.15, 0.2) is 28.7 Å². The van der Waals surface area contributed by atoms with Crippen molar-refractivity contribution in [3.8, 4) is 0 Å². The van der Waals surface area contributed by atoms with Gasteiger partial charge in [0, 0.05) is 29.6 Å². The Morgan fingerprint density at radius 2 is 2.11 bits per heavy atom. The summed E-state index contributed by atoms with van der Waals surface area (Å²) in [5, 5.41) is 3.59. The van der Waals surface area contributed by atoms with E-state index in [0.29, 0.717) is 12.1 Å². The van der Waals surface area contributed by atoms with Crippen LogP contribution in [0.5, 0.6) is 0 Å². The molecule has 19 heavy (non-hydrogen) atoms. The molecule has 0 radical (unpaired) electrons. The highest BCUT2D eigenvalue weighted by Crippen LogP contribution is 2.23. The smallest absolute Gasteiger partial charge is 0.0248 e. The number of likely N-dealkylation sites (tertiary alicyclic amines) is 1. The Balaban J connectivity index is 1.97. The predicted molar refractivity (Wildman–Crippen MR) is 85.3 cm³/mol. The molecule has 1 unspecified atom stereocenters. The van der Waals surface area contributed by atoms with Crippen molar-refractivity contribution in [3.05, 3.63) is 34.3 Å². The Hall–Kier alpha value is -0.380. The molecule has 0 aliphatic carbocycles. The molecular weight excluding hydrogens is 300 g/mol. The summed E-state index contributed by atoms with van der Waals surface area (Å²) in [6.07, 6.45) is 4.03. The summed E-state index contributed by atoms with van der Waals surface area (Å²) in [6, 6.07) is 9.84. The van der Waals surface area contributed by atoms with Crippen LogP contribution < -0.4 is 5.32 Å². The Kier molecular flexibility index (Phi) is 5.86. The van der Waals surface area contributed by atoms with Crippen molar-refractivity contribution in [2.75, 3.05) is 13.1 Å². The van der Waals surface area contributed by atoms with Gasteiger partial charge in [-0.05, 0) is 31.0 Å². The quantitative estimate of drug-likeness (QED) is 0.886. The lowest BCUT2D eigenvalue weighted by molar-refractivity contribution is 0.135.